The Hall–Kier alpha value is -2.40. The van der Waals surface area contributed by atoms with E-state index in [0.29, 0.717) is 25.3 Å². The third kappa shape index (κ3) is 5.36. The van der Waals surface area contributed by atoms with Crippen LogP contribution in [0.4, 0.5) is 0 Å². The fourth-order valence-corrected chi connectivity index (χ4v) is 4.31. The molecule has 0 spiro atoms. The molecule has 29 heavy (non-hydrogen) atoms. The molecule has 0 radical (unpaired) electrons. The van der Waals surface area contributed by atoms with Crippen molar-refractivity contribution >= 4 is 12.0 Å². The summed E-state index contributed by atoms with van der Waals surface area (Å²) in [6.45, 7) is 9.59. The summed E-state index contributed by atoms with van der Waals surface area (Å²) in [5.74, 6) is 2.19. The van der Waals surface area contributed by atoms with Crippen LogP contribution < -0.4 is 9.47 Å². The molecule has 2 unspecified atom stereocenters. The van der Waals surface area contributed by atoms with Crippen LogP contribution in [0.3, 0.4) is 0 Å². The van der Waals surface area contributed by atoms with E-state index in [2.05, 4.69) is 42.5 Å². The summed E-state index contributed by atoms with van der Waals surface area (Å²) < 4.78 is 11.4. The number of rotatable bonds is 10. The first-order valence-electron chi connectivity index (χ1n) is 10.6. The minimum atomic E-state index is 0.305. The zero-order valence-electron chi connectivity index (χ0n) is 17.6. The average molecular weight is 397 g/mol. The van der Waals surface area contributed by atoms with Crippen LogP contribution in [-0.2, 0) is 11.2 Å². The summed E-state index contributed by atoms with van der Waals surface area (Å²) in [7, 11) is 0. The van der Waals surface area contributed by atoms with Gasteiger partial charge in [0.2, 0.25) is 6.79 Å². The van der Waals surface area contributed by atoms with Gasteiger partial charge in [0, 0.05) is 24.5 Å². The van der Waals surface area contributed by atoms with Gasteiger partial charge < -0.3 is 14.3 Å². The van der Waals surface area contributed by atoms with Crippen LogP contribution in [0.2, 0.25) is 0 Å². The van der Waals surface area contributed by atoms with Crippen molar-refractivity contribution in [2.24, 2.45) is 4.99 Å². The number of carbonyl (C=O) groups excluding carboxylic acids is 1. The fourth-order valence-electron chi connectivity index (χ4n) is 4.31. The second kappa shape index (κ2) is 10.4. The fraction of sp³-hybridized carbons (Fsp3) is 0.500. The molecule has 2 aliphatic heterocycles. The lowest BCUT2D eigenvalue weighted by atomic mass is 9.92. The first kappa shape index (κ1) is 21.3. The summed E-state index contributed by atoms with van der Waals surface area (Å²) in [6.07, 6.45) is 11.4. The SMILES string of the molecule is C=C/C=C\N=C(C)CCC1CC(c2cc(CCC)c3c(c2)OCO3)CN1CC=O. The van der Waals surface area contributed by atoms with Crippen molar-refractivity contribution in [3.8, 4) is 11.5 Å². The molecule has 156 valence electrons. The number of benzene rings is 1. The highest BCUT2D eigenvalue weighted by atomic mass is 16.7. The summed E-state index contributed by atoms with van der Waals surface area (Å²) in [4.78, 5) is 18.0. The van der Waals surface area contributed by atoms with Gasteiger partial charge in [-0.25, -0.2) is 0 Å². The zero-order valence-corrected chi connectivity index (χ0v) is 17.6. The molecule has 5 nitrogen and oxygen atoms in total. The van der Waals surface area contributed by atoms with E-state index in [1.165, 1.54) is 11.1 Å². The maximum atomic E-state index is 11.2. The van der Waals surface area contributed by atoms with Crippen LogP contribution in [0.5, 0.6) is 11.5 Å². The van der Waals surface area contributed by atoms with Gasteiger partial charge >= 0.3 is 0 Å². The van der Waals surface area contributed by atoms with Crippen molar-refractivity contribution in [3.05, 3.63) is 48.2 Å². The van der Waals surface area contributed by atoms with Crippen LogP contribution in [0.25, 0.3) is 0 Å². The lowest BCUT2D eigenvalue weighted by molar-refractivity contribution is -0.109. The van der Waals surface area contributed by atoms with Gasteiger partial charge in [0.25, 0.3) is 0 Å². The molecule has 0 amide bonds. The third-order valence-electron chi connectivity index (χ3n) is 5.76. The highest BCUT2D eigenvalue weighted by molar-refractivity contribution is 5.82. The Bertz CT molecular complexity index is 785. The van der Waals surface area contributed by atoms with Gasteiger partial charge in [0.15, 0.2) is 11.5 Å². The molecular weight excluding hydrogens is 364 g/mol. The van der Waals surface area contributed by atoms with Gasteiger partial charge in [-0.2, -0.15) is 0 Å². The predicted octanol–water partition coefficient (Wildman–Crippen LogP) is 4.67. The Morgan fingerprint density at radius 1 is 1.38 bits per heavy atom. The molecule has 0 saturated carbocycles. The minimum Gasteiger partial charge on any atom is -0.454 e. The van der Waals surface area contributed by atoms with Crippen LogP contribution in [0.15, 0.2) is 42.1 Å². The summed E-state index contributed by atoms with van der Waals surface area (Å²) >= 11 is 0. The Morgan fingerprint density at radius 2 is 2.24 bits per heavy atom. The predicted molar refractivity (Wildman–Crippen MR) is 117 cm³/mol. The van der Waals surface area contributed by atoms with Crippen LogP contribution in [-0.4, -0.2) is 42.8 Å². The van der Waals surface area contributed by atoms with E-state index in [-0.39, 0.29) is 0 Å². The molecule has 0 bridgehead atoms. The standard InChI is InChI=1S/C24H32N2O3/c1-4-6-10-25-18(3)8-9-22-14-21(16-26(22)11-12-27)20-13-19(7-5-2)24-23(15-20)28-17-29-24/h4,6,10,12-13,15,21-22H,1,5,7-9,11,14,16-17H2,2-3H3/b10-6-,25-18?. The quantitative estimate of drug-likeness (QED) is 0.328. The number of ether oxygens (including phenoxy) is 2. The van der Waals surface area contributed by atoms with Gasteiger partial charge in [-0.05, 0) is 61.8 Å². The van der Waals surface area contributed by atoms with Gasteiger partial charge in [0.05, 0.1) is 6.54 Å². The molecule has 0 N–H and O–H groups in total. The third-order valence-corrected chi connectivity index (χ3v) is 5.76. The zero-order chi connectivity index (χ0) is 20.6. The number of hydrogen-bond donors (Lipinski definition) is 0. The molecule has 1 fully saturated rings. The average Bonchev–Trinajstić information content (AvgIpc) is 3.34. The number of nitrogens with zero attached hydrogens (tertiary/aromatic N) is 2. The van der Waals surface area contributed by atoms with E-state index >= 15 is 0 Å². The maximum absolute atomic E-state index is 11.2. The second-order valence-corrected chi connectivity index (χ2v) is 7.85. The van der Waals surface area contributed by atoms with Gasteiger partial charge in [0.1, 0.15) is 6.29 Å². The largest absolute Gasteiger partial charge is 0.454 e. The molecule has 2 aliphatic rings. The first-order chi connectivity index (χ1) is 14.2. The van der Waals surface area contributed by atoms with Crippen molar-refractivity contribution in [3.63, 3.8) is 0 Å². The smallest absolute Gasteiger partial charge is 0.231 e. The van der Waals surface area contributed by atoms with Crippen LogP contribution >= 0.6 is 0 Å². The highest BCUT2D eigenvalue weighted by Crippen LogP contribution is 2.42. The van der Waals surface area contributed by atoms with Crippen LogP contribution in [0, 0.1) is 0 Å². The van der Waals surface area contributed by atoms with E-state index in [1.54, 1.807) is 12.3 Å². The Labute approximate surface area is 174 Å². The van der Waals surface area contributed by atoms with Crippen molar-refractivity contribution in [1.29, 1.82) is 0 Å². The number of likely N-dealkylation sites (tertiary alicyclic amines) is 1. The molecule has 5 heteroatoms. The van der Waals surface area contributed by atoms with E-state index in [1.807, 2.05) is 6.08 Å². The number of fused-ring (bicyclic) bond motifs is 1. The summed E-state index contributed by atoms with van der Waals surface area (Å²) in [5, 5.41) is 0. The van der Waals surface area contributed by atoms with Crippen molar-refractivity contribution < 1.29 is 14.3 Å². The van der Waals surface area contributed by atoms with Gasteiger partial charge in [-0.15, -0.1) is 0 Å². The molecule has 2 atom stereocenters. The number of aldehydes is 1. The van der Waals surface area contributed by atoms with E-state index in [4.69, 9.17) is 9.47 Å². The highest BCUT2D eigenvalue weighted by Gasteiger charge is 2.33. The Morgan fingerprint density at radius 3 is 3.00 bits per heavy atom. The lowest BCUT2D eigenvalue weighted by Crippen LogP contribution is -2.31. The van der Waals surface area contributed by atoms with Crippen molar-refractivity contribution in [2.75, 3.05) is 19.9 Å². The van der Waals surface area contributed by atoms with Crippen molar-refractivity contribution in [1.82, 2.24) is 4.90 Å². The lowest BCUT2D eigenvalue weighted by Gasteiger charge is -2.21. The number of allylic oxidation sites excluding steroid dienone is 2. The molecular formula is C24H32N2O3. The van der Waals surface area contributed by atoms with Crippen LogP contribution in [0.1, 0.15) is 56.6 Å². The molecule has 3 rings (SSSR count). The Kier molecular flexibility index (Phi) is 7.64. The van der Waals surface area contributed by atoms with Crippen molar-refractivity contribution in [2.45, 2.75) is 57.9 Å². The second-order valence-electron chi connectivity index (χ2n) is 7.85. The Balaban J connectivity index is 1.72. The van der Waals surface area contributed by atoms with E-state index in [9.17, 15) is 4.79 Å². The molecule has 1 aromatic carbocycles. The molecule has 1 aromatic rings. The van der Waals surface area contributed by atoms with E-state index < -0.39 is 0 Å². The number of aliphatic imine (C=N–C) groups is 1. The summed E-state index contributed by atoms with van der Waals surface area (Å²) in [5.41, 5.74) is 3.64. The molecule has 2 heterocycles. The van der Waals surface area contributed by atoms with Gasteiger partial charge in [-0.1, -0.05) is 32.1 Å². The number of hydrogen-bond acceptors (Lipinski definition) is 5. The number of carbonyl (C=O) groups is 1. The molecule has 0 aliphatic carbocycles. The molecule has 0 aromatic heterocycles. The van der Waals surface area contributed by atoms with E-state index in [0.717, 1.165) is 62.1 Å². The van der Waals surface area contributed by atoms with Gasteiger partial charge in [-0.3, -0.25) is 9.89 Å². The maximum Gasteiger partial charge on any atom is 0.231 e. The monoisotopic (exact) mass is 396 g/mol. The first-order valence-corrected chi connectivity index (χ1v) is 10.6. The molecule has 1 saturated heterocycles. The number of aryl methyl sites for hydroxylation is 1. The minimum absolute atomic E-state index is 0.305. The summed E-state index contributed by atoms with van der Waals surface area (Å²) in [6, 6.07) is 4.81. The topological polar surface area (TPSA) is 51.1 Å². The normalized spacial score (nSPS) is 21.8.